The van der Waals surface area contributed by atoms with Gasteiger partial charge >= 0.3 is 0 Å². The number of pyridine rings is 1. The molecule has 0 saturated heterocycles. The van der Waals surface area contributed by atoms with Crippen molar-refractivity contribution in [3.8, 4) is 0 Å². The van der Waals surface area contributed by atoms with Crippen LogP contribution in [0.1, 0.15) is 17.0 Å². The number of benzene rings is 1. The molecule has 1 aromatic carbocycles. The fourth-order valence-corrected chi connectivity index (χ4v) is 2.53. The first-order valence-electron chi connectivity index (χ1n) is 6.90. The van der Waals surface area contributed by atoms with Gasteiger partial charge in [0.25, 0.3) is 0 Å². The minimum atomic E-state index is 0.669. The lowest BCUT2D eigenvalue weighted by Crippen LogP contribution is -1.95. The van der Waals surface area contributed by atoms with Gasteiger partial charge < -0.3 is 0 Å². The van der Waals surface area contributed by atoms with Crippen LogP contribution in [0.15, 0.2) is 35.6 Å². The first-order chi connectivity index (χ1) is 10.6. The summed E-state index contributed by atoms with van der Waals surface area (Å²) in [4.78, 5) is 4.31. The number of halogens is 1. The Morgan fingerprint density at radius 2 is 2.09 bits per heavy atom. The maximum Gasteiger partial charge on any atom is 0.0738 e. The van der Waals surface area contributed by atoms with Crippen molar-refractivity contribution in [3.05, 3.63) is 52.4 Å². The van der Waals surface area contributed by atoms with Crippen molar-refractivity contribution in [1.29, 1.82) is 0 Å². The third-order valence-corrected chi connectivity index (χ3v) is 3.88. The van der Waals surface area contributed by atoms with E-state index in [9.17, 15) is 0 Å². The molecule has 0 spiro atoms. The molecule has 1 N–H and O–H groups in total. The van der Waals surface area contributed by atoms with E-state index in [0.29, 0.717) is 5.02 Å². The Morgan fingerprint density at radius 1 is 1.27 bits per heavy atom. The standard InChI is InChI=1S/C16H16ClN5/c1-10-14(11(2)22(3)21-10)9-19-20-15-6-7-18-16-8-12(17)4-5-13(15)16/h4-9H,1-3H3,(H,18,20)/b19-9+. The Morgan fingerprint density at radius 3 is 2.82 bits per heavy atom. The molecule has 6 heteroatoms. The summed E-state index contributed by atoms with van der Waals surface area (Å²) in [5.74, 6) is 0. The van der Waals surface area contributed by atoms with E-state index in [0.717, 1.165) is 33.5 Å². The van der Waals surface area contributed by atoms with Crippen LogP contribution in [0.5, 0.6) is 0 Å². The van der Waals surface area contributed by atoms with E-state index in [2.05, 4.69) is 20.6 Å². The normalized spacial score (nSPS) is 11.5. The molecule has 0 bridgehead atoms. The monoisotopic (exact) mass is 313 g/mol. The number of hydrogen-bond acceptors (Lipinski definition) is 4. The van der Waals surface area contributed by atoms with E-state index in [1.54, 1.807) is 12.4 Å². The molecule has 22 heavy (non-hydrogen) atoms. The lowest BCUT2D eigenvalue weighted by atomic mass is 10.2. The van der Waals surface area contributed by atoms with Crippen molar-refractivity contribution in [1.82, 2.24) is 14.8 Å². The van der Waals surface area contributed by atoms with Gasteiger partial charge in [-0.1, -0.05) is 11.6 Å². The van der Waals surface area contributed by atoms with Crippen LogP contribution in [0.3, 0.4) is 0 Å². The molecule has 2 heterocycles. The summed E-state index contributed by atoms with van der Waals surface area (Å²) < 4.78 is 1.85. The Hall–Kier alpha value is -2.40. The maximum atomic E-state index is 5.99. The van der Waals surface area contributed by atoms with Gasteiger partial charge in [0.15, 0.2) is 0 Å². The predicted molar refractivity (Wildman–Crippen MR) is 90.7 cm³/mol. The average molecular weight is 314 g/mol. The summed E-state index contributed by atoms with van der Waals surface area (Å²) in [5, 5.41) is 10.3. The molecule has 0 unspecified atom stereocenters. The molecule has 2 aromatic heterocycles. The van der Waals surface area contributed by atoms with Gasteiger partial charge in [-0.3, -0.25) is 15.1 Å². The van der Waals surface area contributed by atoms with E-state index in [4.69, 9.17) is 11.6 Å². The van der Waals surface area contributed by atoms with Crippen LogP contribution in [0.25, 0.3) is 10.9 Å². The molecular formula is C16H16ClN5. The highest BCUT2D eigenvalue weighted by molar-refractivity contribution is 6.31. The van der Waals surface area contributed by atoms with Gasteiger partial charge in [-0.25, -0.2) is 0 Å². The summed E-state index contributed by atoms with van der Waals surface area (Å²) >= 11 is 5.99. The van der Waals surface area contributed by atoms with Crippen LogP contribution < -0.4 is 5.43 Å². The number of aromatic nitrogens is 3. The Kier molecular flexibility index (Phi) is 3.81. The Bertz CT molecular complexity index is 866. The van der Waals surface area contributed by atoms with Crippen LogP contribution in [0, 0.1) is 13.8 Å². The molecule has 0 aliphatic carbocycles. The van der Waals surface area contributed by atoms with E-state index >= 15 is 0 Å². The lowest BCUT2D eigenvalue weighted by molar-refractivity contribution is 0.731. The quantitative estimate of drug-likeness (QED) is 0.592. The zero-order valence-electron chi connectivity index (χ0n) is 12.6. The van der Waals surface area contributed by atoms with Gasteiger partial charge in [0.1, 0.15) is 0 Å². The van der Waals surface area contributed by atoms with E-state index in [1.165, 1.54) is 0 Å². The smallest absolute Gasteiger partial charge is 0.0738 e. The molecule has 112 valence electrons. The highest BCUT2D eigenvalue weighted by Gasteiger charge is 2.06. The average Bonchev–Trinajstić information content (AvgIpc) is 2.73. The number of nitrogens with zero attached hydrogens (tertiary/aromatic N) is 4. The van der Waals surface area contributed by atoms with Crippen molar-refractivity contribution >= 4 is 34.4 Å². The van der Waals surface area contributed by atoms with Crippen LogP contribution in [-0.2, 0) is 7.05 Å². The van der Waals surface area contributed by atoms with E-state index in [-0.39, 0.29) is 0 Å². The van der Waals surface area contributed by atoms with Crippen LogP contribution in [0.4, 0.5) is 5.69 Å². The Labute approximate surface area is 133 Å². The second kappa shape index (κ2) is 5.77. The van der Waals surface area contributed by atoms with Crippen LogP contribution in [0.2, 0.25) is 5.02 Å². The van der Waals surface area contributed by atoms with Crippen molar-refractivity contribution in [3.63, 3.8) is 0 Å². The van der Waals surface area contributed by atoms with Gasteiger partial charge in [-0.05, 0) is 38.1 Å². The molecule has 3 aromatic rings. The van der Waals surface area contributed by atoms with Crippen molar-refractivity contribution in [2.75, 3.05) is 5.43 Å². The van der Waals surface area contributed by atoms with Gasteiger partial charge in [0.2, 0.25) is 0 Å². The molecule has 5 nitrogen and oxygen atoms in total. The molecule has 0 aliphatic heterocycles. The van der Waals surface area contributed by atoms with E-state index in [1.807, 2.05) is 49.8 Å². The zero-order valence-corrected chi connectivity index (χ0v) is 13.4. The first kappa shape index (κ1) is 14.5. The van der Waals surface area contributed by atoms with Crippen molar-refractivity contribution < 1.29 is 0 Å². The summed E-state index contributed by atoms with van der Waals surface area (Å²) in [6.45, 7) is 3.99. The van der Waals surface area contributed by atoms with Crippen LogP contribution >= 0.6 is 11.6 Å². The predicted octanol–water partition coefficient (Wildman–Crippen LogP) is 3.68. The number of aryl methyl sites for hydroxylation is 2. The largest absolute Gasteiger partial charge is 0.278 e. The van der Waals surface area contributed by atoms with Gasteiger partial charge in [0.05, 0.1) is 23.1 Å². The molecule has 0 saturated carbocycles. The minimum Gasteiger partial charge on any atom is -0.278 e. The van der Waals surface area contributed by atoms with Crippen LogP contribution in [-0.4, -0.2) is 21.0 Å². The third kappa shape index (κ3) is 2.67. The number of anilines is 1. The topological polar surface area (TPSA) is 55.1 Å². The summed E-state index contributed by atoms with van der Waals surface area (Å²) in [7, 11) is 1.92. The maximum absolute atomic E-state index is 5.99. The fraction of sp³-hybridized carbons (Fsp3) is 0.188. The lowest BCUT2D eigenvalue weighted by Gasteiger charge is -2.05. The fourth-order valence-electron chi connectivity index (χ4n) is 2.36. The zero-order chi connectivity index (χ0) is 15.7. The number of nitrogens with one attached hydrogen (secondary N) is 1. The molecular weight excluding hydrogens is 298 g/mol. The molecule has 3 rings (SSSR count). The van der Waals surface area contributed by atoms with Gasteiger partial charge in [-0.15, -0.1) is 0 Å². The molecule has 0 atom stereocenters. The minimum absolute atomic E-state index is 0.669. The first-order valence-corrected chi connectivity index (χ1v) is 7.27. The number of fused-ring (bicyclic) bond motifs is 1. The van der Waals surface area contributed by atoms with E-state index < -0.39 is 0 Å². The summed E-state index contributed by atoms with van der Waals surface area (Å²) in [6.07, 6.45) is 3.52. The molecule has 0 fully saturated rings. The highest BCUT2D eigenvalue weighted by Crippen LogP contribution is 2.24. The number of hydrazone groups is 1. The molecule has 0 aliphatic rings. The SMILES string of the molecule is Cc1nn(C)c(C)c1/C=N/Nc1ccnc2cc(Cl)ccc12. The van der Waals surface area contributed by atoms with Gasteiger partial charge in [-0.2, -0.15) is 10.2 Å². The molecule has 0 radical (unpaired) electrons. The third-order valence-electron chi connectivity index (χ3n) is 3.65. The second-order valence-corrected chi connectivity index (χ2v) is 5.53. The van der Waals surface area contributed by atoms with Crippen molar-refractivity contribution in [2.24, 2.45) is 12.1 Å². The molecule has 0 amide bonds. The second-order valence-electron chi connectivity index (χ2n) is 5.10. The van der Waals surface area contributed by atoms with Gasteiger partial charge in [0, 0.05) is 34.9 Å². The highest BCUT2D eigenvalue weighted by atomic mass is 35.5. The summed E-state index contributed by atoms with van der Waals surface area (Å²) in [5.41, 5.74) is 7.85. The number of hydrogen-bond donors (Lipinski definition) is 1. The summed E-state index contributed by atoms with van der Waals surface area (Å²) in [6, 6.07) is 7.50. The Balaban J connectivity index is 1.89. The van der Waals surface area contributed by atoms with Crippen molar-refractivity contribution in [2.45, 2.75) is 13.8 Å². The number of rotatable bonds is 3.